The van der Waals surface area contributed by atoms with Gasteiger partial charge in [-0.3, -0.25) is 4.57 Å². The topological polar surface area (TPSA) is 49.8 Å². The zero-order chi connectivity index (χ0) is 17.8. The summed E-state index contributed by atoms with van der Waals surface area (Å²) in [6.07, 6.45) is -0.303. The average Bonchev–Trinajstić information content (AvgIpc) is 3.34. The third-order valence-electron chi connectivity index (χ3n) is 4.94. The van der Waals surface area contributed by atoms with Crippen molar-refractivity contribution in [2.75, 3.05) is 0 Å². The Bertz CT molecular complexity index is 1000. The Balaban J connectivity index is 1.69. The molecule has 3 nitrogen and oxygen atoms in total. The van der Waals surface area contributed by atoms with Gasteiger partial charge in [-0.2, -0.15) is 0 Å². The number of hydrogen-bond acceptors (Lipinski definition) is 2. The molecule has 0 radical (unpaired) electrons. The summed E-state index contributed by atoms with van der Waals surface area (Å²) in [6.45, 7) is 6.12. The fourth-order valence-electron chi connectivity index (χ4n) is 3.74. The van der Waals surface area contributed by atoms with Crippen LogP contribution in [-0.2, 0) is 9.30 Å². The Labute approximate surface area is 147 Å². The molecule has 3 aromatic carbocycles. The van der Waals surface area contributed by atoms with Crippen LogP contribution >= 0.6 is 7.37 Å². The second-order valence-electron chi connectivity index (χ2n) is 6.91. The standard InChI is InChI=1S/C21H21O3P/c1-13-10-14(2)19(15(3)11-13)20-21(24-20)25(22,23)18-9-8-16-6-4-5-7-17(16)12-18/h4-12,20-21H,1-3H3,(H,22,23). The summed E-state index contributed by atoms with van der Waals surface area (Å²) in [7, 11) is -3.61. The van der Waals surface area contributed by atoms with Crippen molar-refractivity contribution < 1.29 is 14.2 Å². The minimum absolute atomic E-state index is 0.303. The summed E-state index contributed by atoms with van der Waals surface area (Å²) >= 11 is 0. The molecule has 3 atom stereocenters. The molecule has 128 valence electrons. The molecule has 0 amide bonds. The molecule has 1 N–H and O–H groups in total. The molecular formula is C21H21O3P. The van der Waals surface area contributed by atoms with E-state index in [1.54, 1.807) is 6.07 Å². The molecular weight excluding hydrogens is 331 g/mol. The fraction of sp³-hybridized carbons (Fsp3) is 0.238. The first-order valence-electron chi connectivity index (χ1n) is 8.43. The maximum absolute atomic E-state index is 13.1. The van der Waals surface area contributed by atoms with Crippen molar-refractivity contribution in [3.05, 3.63) is 76.9 Å². The van der Waals surface area contributed by atoms with Crippen LogP contribution in [0.2, 0.25) is 0 Å². The Kier molecular flexibility index (Phi) is 3.84. The number of fused-ring (bicyclic) bond motifs is 1. The highest BCUT2D eigenvalue weighted by Crippen LogP contribution is 2.62. The largest absolute Gasteiger partial charge is 0.353 e. The molecule has 4 heteroatoms. The lowest BCUT2D eigenvalue weighted by molar-refractivity contribution is 0.385. The predicted molar refractivity (Wildman–Crippen MR) is 102 cm³/mol. The van der Waals surface area contributed by atoms with Crippen LogP contribution in [0.1, 0.15) is 28.4 Å². The lowest BCUT2D eigenvalue weighted by Crippen LogP contribution is -2.09. The van der Waals surface area contributed by atoms with Crippen LogP contribution in [0.5, 0.6) is 0 Å². The summed E-state index contributed by atoms with van der Waals surface area (Å²) in [5.74, 6) is -0.659. The minimum atomic E-state index is -3.61. The summed E-state index contributed by atoms with van der Waals surface area (Å²) in [4.78, 5) is 10.8. The van der Waals surface area contributed by atoms with Crippen molar-refractivity contribution >= 4 is 23.4 Å². The van der Waals surface area contributed by atoms with E-state index in [2.05, 4.69) is 19.1 Å². The van der Waals surface area contributed by atoms with Crippen molar-refractivity contribution in [2.24, 2.45) is 0 Å². The predicted octanol–water partition coefficient (Wildman–Crippen LogP) is 4.76. The number of hydrogen-bond donors (Lipinski definition) is 1. The van der Waals surface area contributed by atoms with Gasteiger partial charge in [0.2, 0.25) is 0 Å². The Morgan fingerprint density at radius 1 is 0.920 bits per heavy atom. The van der Waals surface area contributed by atoms with Gasteiger partial charge in [0, 0.05) is 5.30 Å². The number of benzene rings is 3. The average molecular weight is 352 g/mol. The van der Waals surface area contributed by atoms with Gasteiger partial charge >= 0.3 is 0 Å². The third kappa shape index (κ3) is 2.83. The van der Waals surface area contributed by atoms with Crippen LogP contribution in [0, 0.1) is 20.8 Å². The highest BCUT2D eigenvalue weighted by Gasteiger charge is 2.54. The van der Waals surface area contributed by atoms with Crippen LogP contribution in [0.4, 0.5) is 0 Å². The van der Waals surface area contributed by atoms with Gasteiger partial charge in [-0.25, -0.2) is 0 Å². The number of epoxide rings is 1. The zero-order valence-electron chi connectivity index (χ0n) is 14.6. The zero-order valence-corrected chi connectivity index (χ0v) is 15.5. The number of aryl methyl sites for hydroxylation is 3. The second kappa shape index (κ2) is 5.81. The quantitative estimate of drug-likeness (QED) is 0.546. The molecule has 3 unspecified atom stereocenters. The van der Waals surface area contributed by atoms with Crippen LogP contribution in [0.3, 0.4) is 0 Å². The van der Waals surface area contributed by atoms with Crippen molar-refractivity contribution in [3.8, 4) is 0 Å². The lowest BCUT2D eigenvalue weighted by Gasteiger charge is -2.12. The smallest absolute Gasteiger partial charge is 0.260 e. The lowest BCUT2D eigenvalue weighted by atomic mass is 9.98. The molecule has 0 spiro atoms. The van der Waals surface area contributed by atoms with Crippen LogP contribution in [-0.4, -0.2) is 10.7 Å². The van der Waals surface area contributed by atoms with Crippen LogP contribution < -0.4 is 5.30 Å². The number of ether oxygens (including phenoxy) is 1. The molecule has 1 saturated heterocycles. The Hall–Kier alpha value is -1.93. The molecule has 4 rings (SSSR count). The Morgan fingerprint density at radius 2 is 1.56 bits per heavy atom. The van der Waals surface area contributed by atoms with Crippen LogP contribution in [0.25, 0.3) is 10.8 Å². The van der Waals surface area contributed by atoms with Gasteiger partial charge in [-0.15, -0.1) is 0 Å². The normalized spacial score (nSPS) is 21.9. The van der Waals surface area contributed by atoms with E-state index in [4.69, 9.17) is 4.74 Å². The van der Waals surface area contributed by atoms with Gasteiger partial charge in [0.1, 0.15) is 6.10 Å². The molecule has 25 heavy (non-hydrogen) atoms. The van der Waals surface area contributed by atoms with Gasteiger partial charge in [0.05, 0.1) is 0 Å². The van der Waals surface area contributed by atoms with Gasteiger partial charge in [0.25, 0.3) is 7.37 Å². The van der Waals surface area contributed by atoms with E-state index in [0.29, 0.717) is 5.30 Å². The van der Waals surface area contributed by atoms with E-state index in [1.807, 2.05) is 50.2 Å². The molecule has 1 fully saturated rings. The SMILES string of the molecule is Cc1cc(C)c(C2OC2P(=O)(O)c2ccc3ccccc3c2)c(C)c1. The van der Waals surface area contributed by atoms with E-state index in [9.17, 15) is 9.46 Å². The van der Waals surface area contributed by atoms with E-state index in [0.717, 1.165) is 27.5 Å². The second-order valence-corrected chi connectivity index (χ2v) is 9.19. The van der Waals surface area contributed by atoms with E-state index >= 15 is 0 Å². The van der Waals surface area contributed by atoms with Crippen molar-refractivity contribution in [2.45, 2.75) is 32.7 Å². The van der Waals surface area contributed by atoms with Crippen molar-refractivity contribution in [1.82, 2.24) is 0 Å². The molecule has 3 aromatic rings. The Morgan fingerprint density at radius 3 is 2.24 bits per heavy atom. The van der Waals surface area contributed by atoms with Gasteiger partial charge in [-0.05, 0) is 60.4 Å². The molecule has 0 saturated carbocycles. The first kappa shape index (κ1) is 16.5. The van der Waals surface area contributed by atoms with Crippen molar-refractivity contribution in [3.63, 3.8) is 0 Å². The molecule has 0 aliphatic carbocycles. The summed E-state index contributed by atoms with van der Waals surface area (Å²) < 4.78 is 18.8. The van der Waals surface area contributed by atoms with Crippen molar-refractivity contribution in [1.29, 1.82) is 0 Å². The first-order valence-corrected chi connectivity index (χ1v) is 10.2. The van der Waals surface area contributed by atoms with Crippen LogP contribution in [0.15, 0.2) is 54.6 Å². The maximum atomic E-state index is 13.1. The monoisotopic (exact) mass is 352 g/mol. The maximum Gasteiger partial charge on any atom is 0.260 e. The fourth-order valence-corrected chi connectivity index (χ4v) is 5.46. The van der Waals surface area contributed by atoms with E-state index in [-0.39, 0.29) is 6.10 Å². The molecule has 1 aliphatic heterocycles. The van der Waals surface area contributed by atoms with E-state index < -0.39 is 13.2 Å². The first-order chi connectivity index (χ1) is 11.9. The molecule has 0 aromatic heterocycles. The number of rotatable bonds is 3. The third-order valence-corrected chi connectivity index (χ3v) is 7.04. The van der Waals surface area contributed by atoms with E-state index in [1.165, 1.54) is 5.56 Å². The molecule has 1 aliphatic rings. The summed E-state index contributed by atoms with van der Waals surface area (Å²) in [5, 5.41) is 2.49. The molecule has 1 heterocycles. The summed E-state index contributed by atoms with van der Waals surface area (Å²) in [5.41, 5.74) is 4.47. The van der Waals surface area contributed by atoms with Gasteiger partial charge in [0.15, 0.2) is 5.85 Å². The molecule has 0 bridgehead atoms. The van der Waals surface area contributed by atoms with Gasteiger partial charge < -0.3 is 9.63 Å². The van der Waals surface area contributed by atoms with Gasteiger partial charge in [-0.1, -0.05) is 48.0 Å². The minimum Gasteiger partial charge on any atom is -0.353 e. The highest BCUT2D eigenvalue weighted by molar-refractivity contribution is 7.66. The highest BCUT2D eigenvalue weighted by atomic mass is 31.2. The summed E-state index contributed by atoms with van der Waals surface area (Å²) in [6, 6.07) is 17.5.